The number of ketones is 2. The first kappa shape index (κ1) is 25.2. The molecule has 0 aromatic heterocycles. The summed E-state index contributed by atoms with van der Waals surface area (Å²) in [4.78, 5) is 45.8. The third-order valence-electron chi connectivity index (χ3n) is 8.34. The molecular weight excluding hydrogens is 632 g/mol. The maximum absolute atomic E-state index is 14.7. The van der Waals surface area contributed by atoms with Crippen molar-refractivity contribution in [3.8, 4) is 0 Å². The van der Waals surface area contributed by atoms with Gasteiger partial charge in [-0.1, -0.05) is 105 Å². The first-order chi connectivity index (χ1) is 19.4. The van der Waals surface area contributed by atoms with E-state index >= 15 is 0 Å². The Morgan fingerprint density at radius 3 is 2.05 bits per heavy atom. The Labute approximate surface area is 248 Å². The Balaban J connectivity index is 1.53. The zero-order valence-corrected chi connectivity index (χ0v) is 24.2. The second-order valence-electron chi connectivity index (χ2n) is 10.3. The molecule has 196 valence electrons. The van der Waals surface area contributed by atoms with E-state index in [2.05, 4.69) is 37.2 Å². The van der Waals surface area contributed by atoms with Crippen LogP contribution in [-0.4, -0.2) is 29.6 Å². The van der Waals surface area contributed by atoms with Crippen LogP contribution in [0.5, 0.6) is 0 Å². The summed E-state index contributed by atoms with van der Waals surface area (Å²) in [5.41, 5.74) is 2.58. The molecule has 3 aliphatic rings. The predicted molar refractivity (Wildman–Crippen MR) is 163 cm³/mol. The van der Waals surface area contributed by atoms with Gasteiger partial charge in [-0.2, -0.15) is 0 Å². The van der Waals surface area contributed by atoms with Crippen LogP contribution in [0.2, 0.25) is 0 Å². The van der Waals surface area contributed by atoms with Crippen LogP contribution in [0.25, 0.3) is 6.08 Å². The SMILES string of the molecule is O=C(c1ccc(Br)cc1)[C@@H]1N2c3ccccc3C=C[C@@H]2[C@H](C(=O)c2ccc(Br)cc2)[C@]12C(=O)Nc1ccccc12. The molecule has 40 heavy (non-hydrogen) atoms. The molecule has 3 heterocycles. The summed E-state index contributed by atoms with van der Waals surface area (Å²) in [6.07, 6.45) is 3.98. The molecule has 1 fully saturated rings. The van der Waals surface area contributed by atoms with Crippen molar-refractivity contribution in [1.82, 2.24) is 0 Å². The van der Waals surface area contributed by atoms with Crippen LogP contribution >= 0.6 is 31.9 Å². The fourth-order valence-corrected chi connectivity index (χ4v) is 7.23. The summed E-state index contributed by atoms with van der Waals surface area (Å²) >= 11 is 6.92. The van der Waals surface area contributed by atoms with Gasteiger partial charge in [0.2, 0.25) is 5.91 Å². The summed E-state index contributed by atoms with van der Waals surface area (Å²) in [5.74, 6) is -1.57. The number of halogens is 2. The standard InChI is InChI=1S/C33H22Br2N2O3/c34-22-14-9-20(10-15-22)29(38)28-27-18-13-19-5-1-4-8-26(19)37(27)31(30(39)21-11-16-23(35)17-12-21)33(28)24-6-2-3-7-25(24)36-32(33)40/h1-18,27-28,31H,(H,36,40)/t27-,28-,31+,33+/m1/s1. The van der Waals surface area contributed by atoms with Crippen molar-refractivity contribution in [3.05, 3.63) is 134 Å². The van der Waals surface area contributed by atoms with Crippen LogP contribution in [0, 0.1) is 5.92 Å². The zero-order chi connectivity index (χ0) is 27.6. The molecule has 7 rings (SSSR count). The Bertz CT molecular complexity index is 1730. The normalized spacial score (nSPS) is 23.9. The summed E-state index contributed by atoms with van der Waals surface area (Å²) in [7, 11) is 0. The van der Waals surface area contributed by atoms with Gasteiger partial charge in [0, 0.05) is 31.4 Å². The van der Waals surface area contributed by atoms with Crippen LogP contribution in [0.15, 0.2) is 112 Å². The topological polar surface area (TPSA) is 66.5 Å². The Morgan fingerprint density at radius 1 is 0.750 bits per heavy atom. The maximum Gasteiger partial charge on any atom is 0.238 e. The number of carbonyl (C=O) groups is 3. The number of hydrogen-bond acceptors (Lipinski definition) is 4. The highest BCUT2D eigenvalue weighted by Crippen LogP contribution is 2.58. The molecule has 5 nitrogen and oxygen atoms in total. The van der Waals surface area contributed by atoms with Gasteiger partial charge in [-0.25, -0.2) is 0 Å². The highest BCUT2D eigenvalue weighted by molar-refractivity contribution is 9.10. The molecule has 7 heteroatoms. The van der Waals surface area contributed by atoms with Crippen molar-refractivity contribution < 1.29 is 14.4 Å². The van der Waals surface area contributed by atoms with Crippen molar-refractivity contribution >= 4 is 66.8 Å². The zero-order valence-electron chi connectivity index (χ0n) is 21.1. The third-order valence-corrected chi connectivity index (χ3v) is 9.39. The number of anilines is 2. The maximum atomic E-state index is 14.7. The number of nitrogens with one attached hydrogen (secondary N) is 1. The number of amides is 1. The van der Waals surface area contributed by atoms with Crippen LogP contribution in [0.4, 0.5) is 11.4 Å². The Morgan fingerprint density at radius 2 is 1.35 bits per heavy atom. The Kier molecular flexibility index (Phi) is 5.91. The fourth-order valence-electron chi connectivity index (χ4n) is 6.70. The smallest absolute Gasteiger partial charge is 0.238 e. The lowest BCUT2D eigenvalue weighted by Gasteiger charge is -2.37. The molecule has 1 spiro atoms. The minimum absolute atomic E-state index is 0.176. The van der Waals surface area contributed by atoms with Crippen molar-refractivity contribution in [3.63, 3.8) is 0 Å². The molecule has 1 N–H and O–H groups in total. The van der Waals surface area contributed by atoms with Crippen LogP contribution in [0.1, 0.15) is 31.8 Å². The molecule has 4 aromatic carbocycles. The molecule has 3 aliphatic heterocycles. The molecule has 0 bridgehead atoms. The van der Waals surface area contributed by atoms with Gasteiger partial charge in [-0.05, 0) is 47.5 Å². The van der Waals surface area contributed by atoms with Crippen LogP contribution in [0.3, 0.4) is 0 Å². The molecule has 0 radical (unpaired) electrons. The Hall–Kier alpha value is -3.81. The molecule has 0 saturated carbocycles. The summed E-state index contributed by atoms with van der Waals surface area (Å²) in [6, 6.07) is 28.2. The number of carbonyl (C=O) groups excluding carboxylic acids is 3. The second kappa shape index (κ2) is 9.39. The van der Waals surface area contributed by atoms with Gasteiger partial charge < -0.3 is 10.2 Å². The van der Waals surface area contributed by atoms with E-state index < -0.39 is 23.4 Å². The molecule has 4 aromatic rings. The number of rotatable bonds is 4. The summed E-state index contributed by atoms with van der Waals surface area (Å²) in [6.45, 7) is 0. The van der Waals surface area contributed by atoms with Crippen molar-refractivity contribution in [1.29, 1.82) is 0 Å². The molecule has 0 unspecified atom stereocenters. The number of para-hydroxylation sites is 2. The van der Waals surface area contributed by atoms with Gasteiger partial charge in [0.1, 0.15) is 11.5 Å². The third kappa shape index (κ3) is 3.54. The lowest BCUT2D eigenvalue weighted by Crippen LogP contribution is -2.55. The van der Waals surface area contributed by atoms with Crippen LogP contribution < -0.4 is 10.2 Å². The first-order valence-corrected chi connectivity index (χ1v) is 14.6. The van der Waals surface area contributed by atoms with E-state index in [0.717, 1.165) is 20.2 Å². The molecule has 0 aliphatic carbocycles. The van der Waals surface area contributed by atoms with E-state index in [4.69, 9.17) is 0 Å². The number of hydrogen-bond donors (Lipinski definition) is 1. The molecule has 1 saturated heterocycles. The minimum Gasteiger partial charge on any atom is -0.352 e. The van der Waals surface area contributed by atoms with Gasteiger partial charge in [-0.3, -0.25) is 14.4 Å². The lowest BCUT2D eigenvalue weighted by atomic mass is 9.63. The second-order valence-corrected chi connectivity index (χ2v) is 12.1. The van der Waals surface area contributed by atoms with E-state index in [1.807, 2.05) is 89.8 Å². The number of nitrogens with zero attached hydrogens (tertiary/aromatic N) is 1. The average Bonchev–Trinajstić information content (AvgIpc) is 3.45. The average molecular weight is 654 g/mol. The van der Waals surface area contributed by atoms with Gasteiger partial charge in [0.25, 0.3) is 0 Å². The van der Waals surface area contributed by atoms with Crippen LogP contribution in [-0.2, 0) is 10.2 Å². The fraction of sp³-hybridized carbons (Fsp3) is 0.121. The molecular formula is C33H22Br2N2O3. The van der Waals surface area contributed by atoms with Crippen molar-refractivity contribution in [2.45, 2.75) is 17.5 Å². The lowest BCUT2D eigenvalue weighted by molar-refractivity contribution is -0.121. The van der Waals surface area contributed by atoms with E-state index in [-0.39, 0.29) is 17.5 Å². The van der Waals surface area contributed by atoms with Gasteiger partial charge in [-0.15, -0.1) is 0 Å². The van der Waals surface area contributed by atoms with Gasteiger partial charge >= 0.3 is 0 Å². The quantitative estimate of drug-likeness (QED) is 0.239. The minimum atomic E-state index is -1.46. The van der Waals surface area contributed by atoms with E-state index in [1.54, 1.807) is 24.3 Å². The van der Waals surface area contributed by atoms with E-state index in [9.17, 15) is 14.4 Å². The first-order valence-electron chi connectivity index (χ1n) is 13.0. The highest BCUT2D eigenvalue weighted by atomic mass is 79.9. The highest BCUT2D eigenvalue weighted by Gasteiger charge is 2.70. The molecule has 4 atom stereocenters. The van der Waals surface area contributed by atoms with Crippen molar-refractivity contribution in [2.24, 2.45) is 5.92 Å². The number of benzene rings is 4. The number of Topliss-reactive ketones (excluding diaryl/α,β-unsaturated/α-hetero) is 2. The molecule has 1 amide bonds. The van der Waals surface area contributed by atoms with Gasteiger partial charge in [0.15, 0.2) is 11.6 Å². The van der Waals surface area contributed by atoms with E-state index in [1.165, 1.54) is 0 Å². The summed E-state index contributed by atoms with van der Waals surface area (Å²) < 4.78 is 1.70. The monoisotopic (exact) mass is 652 g/mol. The van der Waals surface area contributed by atoms with Gasteiger partial charge in [0.05, 0.1) is 12.0 Å². The predicted octanol–water partition coefficient (Wildman–Crippen LogP) is 7.07. The summed E-state index contributed by atoms with van der Waals surface area (Å²) in [5, 5.41) is 3.05. The number of fused-ring (bicyclic) bond motifs is 5. The van der Waals surface area contributed by atoms with E-state index in [0.29, 0.717) is 22.4 Å². The largest absolute Gasteiger partial charge is 0.352 e. The van der Waals surface area contributed by atoms with Crippen molar-refractivity contribution in [2.75, 3.05) is 10.2 Å².